The molecule has 0 spiro atoms. The summed E-state index contributed by atoms with van der Waals surface area (Å²) in [6.45, 7) is 1.63. The Kier molecular flexibility index (Phi) is 5.99. The van der Waals surface area contributed by atoms with Gasteiger partial charge in [-0.05, 0) is 55.3 Å². The number of fused-ring (bicyclic) bond motifs is 1. The van der Waals surface area contributed by atoms with Crippen LogP contribution >= 0.6 is 24.0 Å². The number of carbonyl (C=O) groups excluding carboxylic acids is 1. The first-order chi connectivity index (χ1) is 12.6. The predicted octanol–water partition coefficient (Wildman–Crippen LogP) is 4.38. The lowest BCUT2D eigenvalue weighted by Crippen LogP contribution is -2.37. The van der Waals surface area contributed by atoms with Crippen LogP contribution in [0.1, 0.15) is 12.8 Å². The highest BCUT2D eigenvalue weighted by Gasteiger charge is 2.22. The van der Waals surface area contributed by atoms with Crippen LogP contribution in [-0.4, -0.2) is 29.2 Å². The van der Waals surface area contributed by atoms with Crippen molar-refractivity contribution in [3.05, 3.63) is 47.2 Å². The molecular formula is C19H19Cl2FN4O. The lowest BCUT2D eigenvalue weighted by Gasteiger charge is -2.21. The number of aromatic nitrogens is 2. The van der Waals surface area contributed by atoms with Gasteiger partial charge in [-0.3, -0.25) is 9.89 Å². The van der Waals surface area contributed by atoms with Crippen molar-refractivity contribution in [1.82, 2.24) is 15.5 Å². The van der Waals surface area contributed by atoms with E-state index in [0.717, 1.165) is 35.9 Å². The van der Waals surface area contributed by atoms with E-state index in [1.54, 1.807) is 0 Å². The molecule has 2 aromatic carbocycles. The van der Waals surface area contributed by atoms with E-state index in [-0.39, 0.29) is 30.0 Å². The van der Waals surface area contributed by atoms with Crippen LogP contribution in [0.5, 0.6) is 0 Å². The Morgan fingerprint density at radius 1 is 1.26 bits per heavy atom. The van der Waals surface area contributed by atoms with Gasteiger partial charge in [0.1, 0.15) is 5.82 Å². The van der Waals surface area contributed by atoms with Gasteiger partial charge >= 0.3 is 0 Å². The molecule has 1 saturated heterocycles. The number of H-pyrrole nitrogens is 1. The Morgan fingerprint density at radius 3 is 2.89 bits per heavy atom. The number of hydrogen-bond acceptors (Lipinski definition) is 3. The molecule has 0 radical (unpaired) electrons. The number of halogens is 3. The van der Waals surface area contributed by atoms with Crippen LogP contribution in [-0.2, 0) is 4.79 Å². The van der Waals surface area contributed by atoms with Crippen LogP contribution in [0.15, 0.2) is 36.4 Å². The van der Waals surface area contributed by atoms with Crippen LogP contribution in [0, 0.1) is 11.7 Å². The maximum atomic E-state index is 13.6. The minimum atomic E-state index is -0.352. The first kappa shape index (κ1) is 19.6. The van der Waals surface area contributed by atoms with Gasteiger partial charge in [0.2, 0.25) is 5.91 Å². The molecular weight excluding hydrogens is 390 g/mol. The molecule has 8 heteroatoms. The summed E-state index contributed by atoms with van der Waals surface area (Å²) in [6.07, 6.45) is 1.85. The van der Waals surface area contributed by atoms with Crippen molar-refractivity contribution in [2.75, 3.05) is 18.4 Å². The van der Waals surface area contributed by atoms with Crippen LogP contribution in [0.25, 0.3) is 22.0 Å². The summed E-state index contributed by atoms with van der Waals surface area (Å²) in [5.74, 6) is 0.0242. The largest absolute Gasteiger partial charge is 0.316 e. The summed E-state index contributed by atoms with van der Waals surface area (Å²) in [6, 6.07) is 9.80. The molecule has 1 amide bonds. The van der Waals surface area contributed by atoms with Gasteiger partial charge in [-0.25, -0.2) is 4.39 Å². The summed E-state index contributed by atoms with van der Waals surface area (Å²) >= 11 is 6.21. The van der Waals surface area contributed by atoms with E-state index >= 15 is 0 Å². The summed E-state index contributed by atoms with van der Waals surface area (Å²) in [5.41, 5.74) is 2.15. The molecule has 1 aliphatic heterocycles. The fourth-order valence-corrected chi connectivity index (χ4v) is 3.52. The molecule has 1 aliphatic rings. The van der Waals surface area contributed by atoms with Crippen LogP contribution in [0.4, 0.5) is 10.2 Å². The molecule has 0 bridgehead atoms. The van der Waals surface area contributed by atoms with Gasteiger partial charge < -0.3 is 10.6 Å². The first-order valence-electron chi connectivity index (χ1n) is 8.57. The topological polar surface area (TPSA) is 69.8 Å². The fraction of sp³-hybridized carbons (Fsp3) is 0.263. The Balaban J connectivity index is 0.00000210. The molecule has 0 aliphatic carbocycles. The molecule has 2 heterocycles. The van der Waals surface area contributed by atoms with Crippen molar-refractivity contribution in [1.29, 1.82) is 0 Å². The van der Waals surface area contributed by atoms with E-state index in [9.17, 15) is 9.18 Å². The van der Waals surface area contributed by atoms with Gasteiger partial charge in [0.15, 0.2) is 5.82 Å². The lowest BCUT2D eigenvalue weighted by molar-refractivity contribution is -0.120. The van der Waals surface area contributed by atoms with E-state index in [1.807, 2.05) is 18.2 Å². The lowest BCUT2D eigenvalue weighted by atomic mass is 9.99. The van der Waals surface area contributed by atoms with E-state index < -0.39 is 0 Å². The number of aromatic amines is 1. The molecule has 27 heavy (non-hydrogen) atoms. The van der Waals surface area contributed by atoms with Gasteiger partial charge in [0.05, 0.1) is 11.4 Å². The van der Waals surface area contributed by atoms with E-state index in [1.165, 1.54) is 18.2 Å². The standard InChI is InChI=1S/C19H18ClFN4O.ClH/c20-16-5-4-13(21)9-14(16)11-3-6-17-15(8-11)18(25-24-17)23-19(26)12-2-1-7-22-10-12;/h3-6,8-9,12,22H,1-2,7,10H2,(H2,23,24,25,26);1H/t12-;/m1./s1. The highest BCUT2D eigenvalue weighted by molar-refractivity contribution is 6.33. The zero-order valence-corrected chi connectivity index (χ0v) is 16.0. The van der Waals surface area contributed by atoms with Crippen molar-refractivity contribution in [2.24, 2.45) is 5.92 Å². The monoisotopic (exact) mass is 408 g/mol. The Bertz CT molecular complexity index is 969. The zero-order valence-electron chi connectivity index (χ0n) is 14.4. The number of nitrogens with zero attached hydrogens (tertiary/aromatic N) is 1. The number of piperidine rings is 1. The van der Waals surface area contributed by atoms with Crippen molar-refractivity contribution >= 4 is 46.6 Å². The van der Waals surface area contributed by atoms with Gasteiger partial charge in [-0.2, -0.15) is 5.10 Å². The number of carbonyl (C=O) groups is 1. The average molecular weight is 409 g/mol. The summed E-state index contributed by atoms with van der Waals surface area (Å²) < 4.78 is 13.6. The molecule has 5 nitrogen and oxygen atoms in total. The SMILES string of the molecule is Cl.O=C(Nc1n[nH]c2ccc(-c3cc(F)ccc3Cl)cc12)[C@@H]1CCCNC1. The molecule has 142 valence electrons. The van der Waals surface area contributed by atoms with E-state index in [4.69, 9.17) is 11.6 Å². The highest BCUT2D eigenvalue weighted by Crippen LogP contribution is 2.32. The second-order valence-corrected chi connectivity index (χ2v) is 6.90. The molecule has 3 aromatic rings. The van der Waals surface area contributed by atoms with Gasteiger partial charge in [-0.1, -0.05) is 17.7 Å². The van der Waals surface area contributed by atoms with Crippen molar-refractivity contribution in [3.63, 3.8) is 0 Å². The molecule has 0 saturated carbocycles. The Morgan fingerprint density at radius 2 is 2.11 bits per heavy atom. The molecule has 4 rings (SSSR count). The number of amides is 1. The van der Waals surface area contributed by atoms with E-state index in [0.29, 0.717) is 22.9 Å². The molecule has 0 unspecified atom stereocenters. The minimum absolute atomic E-state index is 0. The van der Waals surface area contributed by atoms with E-state index in [2.05, 4.69) is 20.8 Å². The molecule has 1 atom stereocenters. The van der Waals surface area contributed by atoms with Gasteiger partial charge in [0, 0.05) is 22.5 Å². The summed E-state index contributed by atoms with van der Waals surface area (Å²) in [7, 11) is 0. The van der Waals surface area contributed by atoms with Crippen LogP contribution in [0.2, 0.25) is 5.02 Å². The van der Waals surface area contributed by atoms with Crippen molar-refractivity contribution < 1.29 is 9.18 Å². The predicted molar refractivity (Wildman–Crippen MR) is 108 cm³/mol. The maximum absolute atomic E-state index is 13.6. The summed E-state index contributed by atoms with van der Waals surface area (Å²) in [4.78, 5) is 12.5. The number of benzene rings is 2. The normalized spacial score (nSPS) is 16.7. The summed E-state index contributed by atoms with van der Waals surface area (Å²) in [5, 5.41) is 14.5. The number of nitrogens with one attached hydrogen (secondary N) is 3. The van der Waals surface area contributed by atoms with Crippen LogP contribution < -0.4 is 10.6 Å². The first-order valence-corrected chi connectivity index (χ1v) is 8.95. The average Bonchev–Trinajstić information content (AvgIpc) is 3.06. The highest BCUT2D eigenvalue weighted by atomic mass is 35.5. The van der Waals surface area contributed by atoms with Crippen molar-refractivity contribution in [2.45, 2.75) is 12.8 Å². The smallest absolute Gasteiger partial charge is 0.229 e. The quantitative estimate of drug-likeness (QED) is 0.601. The zero-order chi connectivity index (χ0) is 18.1. The Labute approximate surface area is 167 Å². The minimum Gasteiger partial charge on any atom is -0.316 e. The third kappa shape index (κ3) is 4.08. The molecule has 3 N–H and O–H groups in total. The second-order valence-electron chi connectivity index (χ2n) is 6.49. The second kappa shape index (κ2) is 8.25. The molecule has 1 fully saturated rings. The third-order valence-electron chi connectivity index (χ3n) is 4.71. The molecule has 1 aromatic heterocycles. The van der Waals surface area contributed by atoms with Gasteiger partial charge in [0.25, 0.3) is 0 Å². The maximum Gasteiger partial charge on any atom is 0.229 e. The number of hydrogen-bond donors (Lipinski definition) is 3. The van der Waals surface area contributed by atoms with Gasteiger partial charge in [-0.15, -0.1) is 12.4 Å². The Hall–Kier alpha value is -2.15. The number of anilines is 1. The van der Waals surface area contributed by atoms with Crippen molar-refractivity contribution in [3.8, 4) is 11.1 Å². The number of rotatable bonds is 3. The van der Waals surface area contributed by atoms with Crippen LogP contribution in [0.3, 0.4) is 0 Å². The fourth-order valence-electron chi connectivity index (χ4n) is 3.29. The third-order valence-corrected chi connectivity index (χ3v) is 5.04.